The first-order valence-corrected chi connectivity index (χ1v) is 9.88. The Kier molecular flexibility index (Phi) is 5.09. The Morgan fingerprint density at radius 2 is 1.86 bits per heavy atom. The Hall–Kier alpha value is -3.52. The fourth-order valence-electron chi connectivity index (χ4n) is 3.00. The van der Waals surface area contributed by atoms with Gasteiger partial charge in [-0.1, -0.05) is 24.3 Å². The number of amides is 1. The van der Waals surface area contributed by atoms with Gasteiger partial charge in [-0.05, 0) is 29.6 Å². The third-order valence-corrected chi connectivity index (χ3v) is 5.38. The average Bonchev–Trinajstić information content (AvgIpc) is 3.40. The molecule has 8 heteroatoms. The summed E-state index contributed by atoms with van der Waals surface area (Å²) in [5.74, 6) is -0.259. The molecule has 3 heterocycles. The highest BCUT2D eigenvalue weighted by Crippen LogP contribution is 2.28. The molecule has 4 aromatic rings. The Balaban J connectivity index is 1.66. The molecule has 0 unspecified atom stereocenters. The van der Waals surface area contributed by atoms with Crippen LogP contribution in [0, 0.1) is 0 Å². The van der Waals surface area contributed by atoms with Crippen LogP contribution in [0.4, 0.5) is 0 Å². The van der Waals surface area contributed by atoms with Gasteiger partial charge in [0.1, 0.15) is 11.4 Å². The minimum Gasteiger partial charge on any atom is -0.336 e. The van der Waals surface area contributed by atoms with E-state index in [1.54, 1.807) is 23.3 Å². The van der Waals surface area contributed by atoms with Gasteiger partial charge in [-0.15, -0.1) is 11.3 Å². The van der Waals surface area contributed by atoms with Crippen LogP contribution in [0.3, 0.4) is 0 Å². The number of carbonyl (C=O) groups excluding carboxylic acids is 1. The van der Waals surface area contributed by atoms with E-state index >= 15 is 0 Å². The summed E-state index contributed by atoms with van der Waals surface area (Å²) < 4.78 is 2.98. The number of thiophene rings is 1. The standard InChI is InChI=1S/C21H19N5O2S/c1-24(21(28)17-10-11-19(27)25(2)22-17)13-15-14-26(16-7-4-3-5-8-16)23-20(15)18-9-6-12-29-18/h3-12,14H,13H2,1-2H3. The van der Waals surface area contributed by atoms with Crippen molar-refractivity contribution in [2.45, 2.75) is 6.54 Å². The molecular formula is C21H19N5O2S. The van der Waals surface area contributed by atoms with Gasteiger partial charge in [0.25, 0.3) is 11.5 Å². The summed E-state index contributed by atoms with van der Waals surface area (Å²) in [6.45, 7) is 0.365. The normalized spacial score (nSPS) is 10.8. The molecule has 0 fully saturated rings. The van der Waals surface area contributed by atoms with Gasteiger partial charge in [0, 0.05) is 38.5 Å². The Morgan fingerprint density at radius 3 is 2.55 bits per heavy atom. The minimum atomic E-state index is -0.259. The van der Waals surface area contributed by atoms with Crippen LogP contribution in [0.2, 0.25) is 0 Å². The monoisotopic (exact) mass is 405 g/mol. The van der Waals surface area contributed by atoms with Gasteiger partial charge < -0.3 is 4.90 Å². The molecule has 146 valence electrons. The quantitative estimate of drug-likeness (QED) is 0.512. The van der Waals surface area contributed by atoms with Crippen LogP contribution in [0.25, 0.3) is 16.3 Å². The molecule has 0 saturated carbocycles. The second-order valence-corrected chi connectivity index (χ2v) is 7.55. The summed E-state index contributed by atoms with van der Waals surface area (Å²) in [4.78, 5) is 27.0. The van der Waals surface area contributed by atoms with E-state index in [4.69, 9.17) is 5.10 Å². The molecule has 7 nitrogen and oxygen atoms in total. The van der Waals surface area contributed by atoms with E-state index in [2.05, 4.69) is 5.10 Å². The van der Waals surface area contributed by atoms with Gasteiger partial charge in [-0.2, -0.15) is 10.2 Å². The van der Waals surface area contributed by atoms with Crippen LogP contribution in [0.5, 0.6) is 0 Å². The van der Waals surface area contributed by atoms with Crippen molar-refractivity contribution in [2.24, 2.45) is 7.05 Å². The SMILES string of the molecule is CN(Cc1cn(-c2ccccc2)nc1-c1cccs1)C(=O)c1ccc(=O)n(C)n1. The molecule has 0 N–H and O–H groups in total. The van der Waals surface area contributed by atoms with Gasteiger partial charge in [0.05, 0.1) is 10.6 Å². The van der Waals surface area contributed by atoms with Crippen LogP contribution in [0.1, 0.15) is 16.1 Å². The second-order valence-electron chi connectivity index (χ2n) is 6.60. The molecule has 1 amide bonds. The molecule has 0 aliphatic rings. The summed E-state index contributed by atoms with van der Waals surface area (Å²) in [5.41, 5.74) is 2.69. The van der Waals surface area contributed by atoms with Crippen LogP contribution >= 0.6 is 11.3 Å². The van der Waals surface area contributed by atoms with Crippen molar-refractivity contribution in [3.8, 4) is 16.3 Å². The van der Waals surface area contributed by atoms with Crippen molar-refractivity contribution >= 4 is 17.2 Å². The van der Waals surface area contributed by atoms with E-state index in [1.165, 1.54) is 19.2 Å². The first-order chi connectivity index (χ1) is 14.0. The van der Waals surface area contributed by atoms with E-state index in [0.29, 0.717) is 6.54 Å². The van der Waals surface area contributed by atoms with Crippen molar-refractivity contribution < 1.29 is 4.79 Å². The number of para-hydroxylation sites is 1. The highest BCUT2D eigenvalue weighted by atomic mass is 32.1. The van der Waals surface area contributed by atoms with Gasteiger partial charge in [-0.3, -0.25) is 9.59 Å². The molecule has 0 aliphatic carbocycles. The number of aryl methyl sites for hydroxylation is 1. The zero-order valence-corrected chi connectivity index (χ0v) is 16.8. The second kappa shape index (κ2) is 7.84. The summed E-state index contributed by atoms with van der Waals surface area (Å²) in [6, 6.07) is 16.6. The fourth-order valence-corrected chi connectivity index (χ4v) is 3.74. The highest BCUT2D eigenvalue weighted by molar-refractivity contribution is 7.13. The molecule has 0 atom stereocenters. The molecule has 0 spiro atoms. The van der Waals surface area contributed by atoms with Gasteiger partial charge in [0.2, 0.25) is 0 Å². The minimum absolute atomic E-state index is 0.225. The van der Waals surface area contributed by atoms with Crippen molar-refractivity contribution in [1.82, 2.24) is 24.5 Å². The molecule has 3 aromatic heterocycles. The number of benzene rings is 1. The molecule has 0 radical (unpaired) electrons. The van der Waals surface area contributed by atoms with E-state index in [1.807, 2.05) is 58.7 Å². The third kappa shape index (κ3) is 3.88. The van der Waals surface area contributed by atoms with Crippen LogP contribution in [-0.4, -0.2) is 37.4 Å². The molecule has 0 aliphatic heterocycles. The summed E-state index contributed by atoms with van der Waals surface area (Å²) in [7, 11) is 3.24. The summed E-state index contributed by atoms with van der Waals surface area (Å²) in [6.07, 6.45) is 1.95. The number of carbonyl (C=O) groups is 1. The largest absolute Gasteiger partial charge is 0.336 e. The lowest BCUT2D eigenvalue weighted by Crippen LogP contribution is -2.30. The molecular weight excluding hydrogens is 386 g/mol. The van der Waals surface area contributed by atoms with Crippen LogP contribution in [0.15, 0.2) is 71.0 Å². The zero-order valence-electron chi connectivity index (χ0n) is 16.0. The molecule has 0 bridgehead atoms. The summed E-state index contributed by atoms with van der Waals surface area (Å²) >= 11 is 1.60. The zero-order chi connectivity index (χ0) is 20.4. The fraction of sp³-hybridized carbons (Fsp3) is 0.143. The van der Waals surface area contributed by atoms with Gasteiger partial charge >= 0.3 is 0 Å². The Labute approximate surface area is 171 Å². The Morgan fingerprint density at radius 1 is 1.07 bits per heavy atom. The number of hydrogen-bond acceptors (Lipinski definition) is 5. The maximum absolute atomic E-state index is 12.8. The number of nitrogens with zero attached hydrogens (tertiary/aromatic N) is 5. The van der Waals surface area contributed by atoms with Gasteiger partial charge in [0.15, 0.2) is 0 Å². The first-order valence-electron chi connectivity index (χ1n) is 9.00. The highest BCUT2D eigenvalue weighted by Gasteiger charge is 2.19. The molecule has 4 rings (SSSR count). The predicted molar refractivity (Wildman–Crippen MR) is 112 cm³/mol. The van der Waals surface area contributed by atoms with E-state index in [0.717, 1.165) is 26.5 Å². The number of rotatable bonds is 5. The van der Waals surface area contributed by atoms with Crippen molar-refractivity contribution in [1.29, 1.82) is 0 Å². The van der Waals surface area contributed by atoms with E-state index < -0.39 is 0 Å². The summed E-state index contributed by atoms with van der Waals surface area (Å²) in [5, 5.41) is 10.8. The number of aromatic nitrogens is 4. The van der Waals surface area contributed by atoms with Crippen molar-refractivity contribution in [3.05, 3.63) is 87.8 Å². The first kappa shape index (κ1) is 18.8. The molecule has 1 aromatic carbocycles. The number of hydrogen-bond donors (Lipinski definition) is 0. The topological polar surface area (TPSA) is 73.0 Å². The van der Waals surface area contributed by atoms with E-state index in [-0.39, 0.29) is 17.2 Å². The van der Waals surface area contributed by atoms with E-state index in [9.17, 15) is 9.59 Å². The van der Waals surface area contributed by atoms with Crippen LogP contribution in [-0.2, 0) is 13.6 Å². The predicted octanol–water partition coefficient (Wildman–Crippen LogP) is 2.97. The molecule has 0 saturated heterocycles. The Bertz CT molecular complexity index is 1200. The van der Waals surface area contributed by atoms with Crippen molar-refractivity contribution in [2.75, 3.05) is 7.05 Å². The van der Waals surface area contributed by atoms with Crippen molar-refractivity contribution in [3.63, 3.8) is 0 Å². The lowest BCUT2D eigenvalue weighted by Gasteiger charge is -2.16. The lowest BCUT2D eigenvalue weighted by molar-refractivity contribution is 0.0777. The molecule has 29 heavy (non-hydrogen) atoms. The third-order valence-electron chi connectivity index (χ3n) is 4.50. The maximum atomic E-state index is 12.8. The smallest absolute Gasteiger partial charge is 0.274 e. The van der Waals surface area contributed by atoms with Gasteiger partial charge in [-0.25, -0.2) is 9.36 Å². The van der Waals surface area contributed by atoms with Crippen LogP contribution < -0.4 is 5.56 Å². The lowest BCUT2D eigenvalue weighted by atomic mass is 10.2. The average molecular weight is 405 g/mol. The maximum Gasteiger partial charge on any atom is 0.274 e.